The highest BCUT2D eigenvalue weighted by molar-refractivity contribution is 8.09. The molecule has 7 nitrogen and oxygen atoms in total. The molecule has 0 saturated heterocycles. The van der Waals surface area contributed by atoms with Crippen LogP contribution in [0, 0.1) is 6.92 Å². The van der Waals surface area contributed by atoms with Crippen LogP contribution in [0.25, 0.3) is 11.3 Å². The van der Waals surface area contributed by atoms with Gasteiger partial charge >= 0.3 is 0 Å². The minimum atomic E-state index is -4.46. The summed E-state index contributed by atoms with van der Waals surface area (Å²) in [6.45, 7) is 1.98. The van der Waals surface area contributed by atoms with E-state index in [4.69, 9.17) is 4.98 Å². The van der Waals surface area contributed by atoms with Gasteiger partial charge in [-0.2, -0.15) is 0 Å². The topological polar surface area (TPSA) is 97.3 Å². The lowest BCUT2D eigenvalue weighted by molar-refractivity contribution is 0.582. The number of sulfonamides is 2. The molecule has 0 aliphatic carbocycles. The van der Waals surface area contributed by atoms with Gasteiger partial charge < -0.3 is 0 Å². The normalized spacial score (nSPS) is 11.7. The summed E-state index contributed by atoms with van der Waals surface area (Å²) in [6, 6.07) is 34.1. The van der Waals surface area contributed by atoms with Gasteiger partial charge in [0.1, 0.15) is 0 Å². The molecule has 5 rings (SSSR count). The van der Waals surface area contributed by atoms with E-state index in [-0.39, 0.29) is 17.9 Å². The molecule has 1 aromatic heterocycles. The van der Waals surface area contributed by atoms with Gasteiger partial charge in [-0.05, 0) is 23.6 Å². The third kappa shape index (κ3) is 6.87. The molecule has 4 aromatic carbocycles. The van der Waals surface area contributed by atoms with Gasteiger partial charge in [0, 0.05) is 12.0 Å². The van der Waals surface area contributed by atoms with Gasteiger partial charge in [0.25, 0.3) is 20.0 Å². The monoisotopic (exact) mass is 583 g/mol. The first kappa shape index (κ1) is 28.2. The van der Waals surface area contributed by atoms with E-state index in [1.165, 1.54) is 6.20 Å². The molecule has 0 aliphatic rings. The van der Waals surface area contributed by atoms with E-state index in [0.717, 1.165) is 16.7 Å². The van der Waals surface area contributed by atoms with E-state index < -0.39 is 31.6 Å². The van der Waals surface area contributed by atoms with Crippen LogP contribution >= 0.6 is 0 Å². The minimum absolute atomic E-state index is 0.182. The van der Waals surface area contributed by atoms with Crippen molar-refractivity contribution in [2.45, 2.75) is 24.9 Å². The fraction of sp³-hybridized carbons (Fsp3) is 0.125. The highest BCUT2D eigenvalue weighted by Crippen LogP contribution is 2.31. The van der Waals surface area contributed by atoms with Gasteiger partial charge in [-0.3, -0.25) is 0 Å². The predicted octanol–water partition coefficient (Wildman–Crippen LogP) is 5.91. The second kappa shape index (κ2) is 12.0. The first-order valence-corrected chi connectivity index (χ1v) is 16.2. The van der Waals surface area contributed by atoms with Crippen LogP contribution in [0.5, 0.6) is 0 Å². The number of aromatic nitrogens is 2. The summed E-state index contributed by atoms with van der Waals surface area (Å²) in [5.74, 6) is -1.27. The molecule has 0 amide bonds. The lowest BCUT2D eigenvalue weighted by Crippen LogP contribution is -2.40. The summed E-state index contributed by atoms with van der Waals surface area (Å²) >= 11 is 0. The molecular formula is C32H29N3O4S2. The summed E-state index contributed by atoms with van der Waals surface area (Å²) < 4.78 is 56.5. The quantitative estimate of drug-likeness (QED) is 0.203. The van der Waals surface area contributed by atoms with Crippen LogP contribution < -0.4 is 3.71 Å². The summed E-state index contributed by atoms with van der Waals surface area (Å²) in [6.07, 6.45) is 1.61. The maximum Gasteiger partial charge on any atom is 0.253 e. The molecule has 0 radical (unpaired) electrons. The molecule has 5 aromatic rings. The van der Waals surface area contributed by atoms with Crippen molar-refractivity contribution < 1.29 is 16.8 Å². The Kier molecular flexibility index (Phi) is 8.28. The van der Waals surface area contributed by atoms with Gasteiger partial charge in [0.05, 0.1) is 29.1 Å². The van der Waals surface area contributed by atoms with E-state index in [1.807, 2.05) is 61.5 Å². The molecule has 1 heterocycles. The van der Waals surface area contributed by atoms with Crippen LogP contribution in [0.2, 0.25) is 0 Å². The van der Waals surface area contributed by atoms with Crippen molar-refractivity contribution in [2.24, 2.45) is 0 Å². The number of nitrogens with zero attached hydrogens (tertiary/aromatic N) is 3. The summed E-state index contributed by atoms with van der Waals surface area (Å²) in [5.41, 5.74) is 4.37. The third-order valence-corrected chi connectivity index (χ3v) is 10.6. The second-order valence-electron chi connectivity index (χ2n) is 9.73. The maximum atomic E-state index is 14.0. The van der Waals surface area contributed by atoms with Crippen LogP contribution in [-0.2, 0) is 38.0 Å². The Labute approximate surface area is 241 Å². The number of aryl methyl sites for hydroxylation is 1. The zero-order valence-corrected chi connectivity index (χ0v) is 24.1. The molecular weight excluding hydrogens is 555 g/mol. The van der Waals surface area contributed by atoms with Crippen LogP contribution in [0.3, 0.4) is 0 Å². The number of hydrogen-bond donors (Lipinski definition) is 0. The summed E-state index contributed by atoms with van der Waals surface area (Å²) in [5, 5.41) is 0. The van der Waals surface area contributed by atoms with E-state index >= 15 is 0 Å². The molecule has 208 valence electrons. The average Bonchev–Trinajstić information content (AvgIpc) is 2.95. The molecule has 0 saturated carbocycles. The average molecular weight is 584 g/mol. The zero-order chi connectivity index (χ0) is 28.9. The van der Waals surface area contributed by atoms with Crippen molar-refractivity contribution in [1.82, 2.24) is 9.97 Å². The van der Waals surface area contributed by atoms with Crippen LogP contribution in [0.15, 0.2) is 121 Å². The van der Waals surface area contributed by atoms with Crippen molar-refractivity contribution in [3.8, 4) is 11.3 Å². The Morgan fingerprint density at radius 2 is 1.07 bits per heavy atom. The van der Waals surface area contributed by atoms with Crippen molar-refractivity contribution in [3.05, 3.63) is 149 Å². The fourth-order valence-corrected chi connectivity index (χ4v) is 8.46. The van der Waals surface area contributed by atoms with Crippen LogP contribution in [-0.4, -0.2) is 26.8 Å². The Balaban J connectivity index is 1.68. The Morgan fingerprint density at radius 1 is 0.610 bits per heavy atom. The SMILES string of the molecule is Cc1ccc(-c2cnc(N(S(=O)(=O)Cc3ccccc3)S(=O)(=O)Cc3ccccc3)c(Cc3ccccc3)n2)cc1. The molecule has 41 heavy (non-hydrogen) atoms. The first-order valence-electron chi connectivity index (χ1n) is 13.0. The second-order valence-corrected chi connectivity index (χ2v) is 13.6. The van der Waals surface area contributed by atoms with E-state index in [9.17, 15) is 16.8 Å². The highest BCUT2D eigenvalue weighted by atomic mass is 32.3. The Morgan fingerprint density at radius 3 is 1.56 bits per heavy atom. The van der Waals surface area contributed by atoms with E-state index in [2.05, 4.69) is 4.98 Å². The molecule has 0 N–H and O–H groups in total. The van der Waals surface area contributed by atoms with Gasteiger partial charge in [0.2, 0.25) is 0 Å². The minimum Gasteiger partial charge on any atom is -0.247 e. The summed E-state index contributed by atoms with van der Waals surface area (Å²) in [7, 11) is -8.92. The molecule has 9 heteroatoms. The first-order chi connectivity index (χ1) is 19.7. The smallest absolute Gasteiger partial charge is 0.247 e. The lowest BCUT2D eigenvalue weighted by Gasteiger charge is -2.25. The van der Waals surface area contributed by atoms with Gasteiger partial charge in [0.15, 0.2) is 5.82 Å². The molecule has 0 aliphatic heterocycles. The third-order valence-electron chi connectivity index (χ3n) is 6.45. The van der Waals surface area contributed by atoms with E-state index in [0.29, 0.717) is 20.5 Å². The van der Waals surface area contributed by atoms with Gasteiger partial charge in [-0.1, -0.05) is 121 Å². The molecule has 0 fully saturated rings. The van der Waals surface area contributed by atoms with Crippen molar-refractivity contribution in [2.75, 3.05) is 3.71 Å². The Bertz CT molecular complexity index is 1760. The number of hydrogen-bond acceptors (Lipinski definition) is 6. The highest BCUT2D eigenvalue weighted by Gasteiger charge is 2.37. The van der Waals surface area contributed by atoms with E-state index in [1.54, 1.807) is 60.7 Å². The fourth-order valence-electron chi connectivity index (χ4n) is 4.47. The standard InChI is InChI=1S/C32H29N3O4S2/c1-25-17-19-29(20-18-25)31-22-33-32(30(34-31)21-26-11-5-2-6-12-26)35(40(36,37)23-27-13-7-3-8-14-27)41(38,39)24-28-15-9-4-10-16-28/h2-20,22H,21,23-24H2,1H3. The molecule has 0 bridgehead atoms. The molecule has 0 atom stereocenters. The van der Waals surface area contributed by atoms with Gasteiger partial charge in [-0.15, -0.1) is 3.71 Å². The number of anilines is 1. The zero-order valence-electron chi connectivity index (χ0n) is 22.5. The lowest BCUT2D eigenvalue weighted by atomic mass is 10.1. The summed E-state index contributed by atoms with van der Waals surface area (Å²) in [4.78, 5) is 9.29. The van der Waals surface area contributed by atoms with Crippen molar-refractivity contribution in [3.63, 3.8) is 0 Å². The largest absolute Gasteiger partial charge is 0.253 e. The maximum absolute atomic E-state index is 14.0. The number of benzene rings is 4. The number of rotatable bonds is 10. The van der Waals surface area contributed by atoms with Gasteiger partial charge in [-0.25, -0.2) is 26.8 Å². The van der Waals surface area contributed by atoms with Crippen molar-refractivity contribution >= 4 is 25.9 Å². The Hall–Kier alpha value is -4.34. The van der Waals surface area contributed by atoms with Crippen molar-refractivity contribution in [1.29, 1.82) is 0 Å². The molecule has 0 unspecified atom stereocenters. The van der Waals surface area contributed by atoms with Crippen LogP contribution in [0.4, 0.5) is 5.82 Å². The van der Waals surface area contributed by atoms with Crippen LogP contribution in [0.1, 0.15) is 27.9 Å². The predicted molar refractivity (Wildman–Crippen MR) is 162 cm³/mol. The molecule has 0 spiro atoms.